The average molecular weight is 449 g/mol. The summed E-state index contributed by atoms with van der Waals surface area (Å²) in [5, 5.41) is 17.5. The molecule has 0 aromatic heterocycles. The second kappa shape index (κ2) is 9.47. The number of hydrogen-bond acceptors (Lipinski definition) is 8. The fourth-order valence-corrected chi connectivity index (χ4v) is 3.85. The van der Waals surface area contributed by atoms with Gasteiger partial charge < -0.3 is 9.80 Å². The molecule has 2 aromatic rings. The van der Waals surface area contributed by atoms with E-state index in [9.17, 15) is 19.7 Å². The molecule has 11 nitrogen and oxygen atoms in total. The molecular formula is C22H23N7O4. The largest absolute Gasteiger partial charge is 0.326 e. The maximum absolute atomic E-state index is 12.6. The smallest absolute Gasteiger partial charge is 0.325 e. The summed E-state index contributed by atoms with van der Waals surface area (Å²) in [7, 11) is 1.58. The monoisotopic (exact) mass is 449 g/mol. The molecule has 0 saturated carbocycles. The molecule has 1 fully saturated rings. The molecule has 2 heterocycles. The quantitative estimate of drug-likeness (QED) is 0.376. The van der Waals surface area contributed by atoms with Gasteiger partial charge in [-0.05, 0) is 18.4 Å². The van der Waals surface area contributed by atoms with Gasteiger partial charge in [-0.15, -0.1) is 0 Å². The van der Waals surface area contributed by atoms with E-state index in [1.807, 2.05) is 30.3 Å². The Morgan fingerprint density at radius 1 is 1.21 bits per heavy atom. The van der Waals surface area contributed by atoms with Crippen molar-refractivity contribution in [2.24, 2.45) is 10.1 Å². The second-order valence-corrected chi connectivity index (χ2v) is 7.72. The third-order valence-corrected chi connectivity index (χ3v) is 5.53. The van der Waals surface area contributed by atoms with Gasteiger partial charge in [-0.1, -0.05) is 42.5 Å². The van der Waals surface area contributed by atoms with Gasteiger partial charge in [0.1, 0.15) is 0 Å². The number of fused-ring (bicyclic) bond motifs is 1. The van der Waals surface area contributed by atoms with Crippen LogP contribution in [0.15, 0.2) is 64.7 Å². The number of nitrogens with one attached hydrogen (secondary N) is 2. The first-order chi connectivity index (χ1) is 15.9. The highest BCUT2D eigenvalue weighted by Gasteiger charge is 2.48. The van der Waals surface area contributed by atoms with Crippen LogP contribution in [0.3, 0.4) is 0 Å². The van der Waals surface area contributed by atoms with Crippen LogP contribution >= 0.6 is 0 Å². The highest BCUT2D eigenvalue weighted by molar-refractivity contribution is 6.03. The lowest BCUT2D eigenvalue weighted by Crippen LogP contribution is -2.64. The normalized spacial score (nSPS) is 20.0. The van der Waals surface area contributed by atoms with E-state index in [2.05, 4.69) is 20.8 Å². The van der Waals surface area contributed by atoms with Gasteiger partial charge in [0.25, 0.3) is 11.6 Å². The Balaban J connectivity index is 1.50. The van der Waals surface area contributed by atoms with Crippen molar-refractivity contribution in [3.05, 3.63) is 75.8 Å². The zero-order chi connectivity index (χ0) is 23.4. The van der Waals surface area contributed by atoms with E-state index < -0.39 is 29.1 Å². The summed E-state index contributed by atoms with van der Waals surface area (Å²) in [6.45, 7) is 0.518. The number of aryl methyl sites for hydroxylation is 1. The lowest BCUT2D eigenvalue weighted by Gasteiger charge is -2.36. The molecule has 0 spiro atoms. The first-order valence-corrected chi connectivity index (χ1v) is 10.4. The number of non-ortho nitro benzene ring substituents is 1. The third kappa shape index (κ3) is 4.81. The molecule has 0 aliphatic carbocycles. The number of carbonyl (C=O) groups excluding carboxylic acids is 2. The number of hydrogen-bond donors (Lipinski definition) is 2. The van der Waals surface area contributed by atoms with Gasteiger partial charge in [0, 0.05) is 31.3 Å². The van der Waals surface area contributed by atoms with Crippen molar-refractivity contribution in [3.8, 4) is 0 Å². The highest BCUT2D eigenvalue weighted by Crippen LogP contribution is 2.24. The minimum absolute atomic E-state index is 0.0393. The van der Waals surface area contributed by atoms with Gasteiger partial charge in [-0.3, -0.25) is 20.2 Å². The molecule has 4 rings (SSSR count). The van der Waals surface area contributed by atoms with E-state index >= 15 is 0 Å². The minimum atomic E-state index is -0.668. The fraction of sp³-hybridized carbons (Fsp3) is 0.273. The lowest BCUT2D eigenvalue weighted by molar-refractivity contribution is -0.384. The first-order valence-electron chi connectivity index (χ1n) is 10.4. The van der Waals surface area contributed by atoms with E-state index in [0.29, 0.717) is 18.1 Å². The number of rotatable bonds is 7. The first kappa shape index (κ1) is 21.9. The zero-order valence-electron chi connectivity index (χ0n) is 17.9. The number of nitro benzene ring substituents is 1. The van der Waals surface area contributed by atoms with E-state index in [4.69, 9.17) is 0 Å². The molecule has 2 atom stereocenters. The summed E-state index contributed by atoms with van der Waals surface area (Å²) in [4.78, 5) is 42.9. The van der Waals surface area contributed by atoms with Crippen molar-refractivity contribution >= 4 is 29.8 Å². The van der Waals surface area contributed by atoms with Crippen LogP contribution in [0.2, 0.25) is 0 Å². The average Bonchev–Trinajstić information content (AvgIpc) is 3.17. The number of guanidine groups is 1. The number of nitro groups is 1. The molecule has 1 saturated heterocycles. The summed E-state index contributed by atoms with van der Waals surface area (Å²) in [5.41, 5.74) is 4.53. The summed E-state index contributed by atoms with van der Waals surface area (Å²) in [6, 6.07) is 14.9. The third-order valence-electron chi connectivity index (χ3n) is 5.53. The standard InChI is InChI=1S/C22H23N7O4/c1-27-19-18(20(30)25-22(27)31)28(12-6-10-15-7-3-2-4-8-15)21(24-19)26-23-14-16-9-5-11-17(13-16)29(32)33/h2-5,7-9,11,13-14,18-19H,6,10,12H2,1H3,(H,24,26)(H,25,30,31)/b23-14+. The zero-order valence-corrected chi connectivity index (χ0v) is 17.9. The Morgan fingerprint density at radius 3 is 2.76 bits per heavy atom. The van der Waals surface area contributed by atoms with Gasteiger partial charge in [-0.25, -0.2) is 15.2 Å². The molecule has 2 aromatic carbocycles. The van der Waals surface area contributed by atoms with Crippen molar-refractivity contribution in [1.29, 1.82) is 0 Å². The van der Waals surface area contributed by atoms with Gasteiger partial charge in [0.05, 0.1) is 11.1 Å². The summed E-state index contributed by atoms with van der Waals surface area (Å²) >= 11 is 0. The van der Waals surface area contributed by atoms with Crippen LogP contribution < -0.4 is 10.7 Å². The Labute approximate surface area is 189 Å². The molecule has 2 aliphatic heterocycles. The van der Waals surface area contributed by atoms with Crippen LogP contribution in [-0.2, 0) is 11.2 Å². The highest BCUT2D eigenvalue weighted by atomic mass is 16.6. The molecule has 3 amide bonds. The molecule has 11 heteroatoms. The number of urea groups is 1. The maximum atomic E-state index is 12.6. The second-order valence-electron chi connectivity index (χ2n) is 7.72. The Bertz CT molecular complexity index is 1120. The number of amides is 3. The SMILES string of the molecule is CN1C(=O)NC(=O)C2C1N=C(N/N=C/c1cccc([N+](=O)[O-])c1)N2CCCc1ccccc1. The number of likely N-dealkylation sites (N-methyl/N-ethyl adjacent to an activating group) is 1. The van der Waals surface area contributed by atoms with E-state index in [1.54, 1.807) is 24.1 Å². The van der Waals surface area contributed by atoms with Crippen LogP contribution in [0.5, 0.6) is 0 Å². The molecule has 2 N–H and O–H groups in total. The number of carbonyl (C=O) groups is 2. The van der Waals surface area contributed by atoms with Crippen LogP contribution in [0.4, 0.5) is 10.5 Å². The van der Waals surface area contributed by atoms with E-state index in [0.717, 1.165) is 12.8 Å². The summed E-state index contributed by atoms with van der Waals surface area (Å²) in [5.74, 6) is -0.0533. The molecule has 170 valence electrons. The number of imide groups is 1. The lowest BCUT2D eigenvalue weighted by atomic mass is 10.1. The van der Waals surface area contributed by atoms with Crippen LogP contribution in [0.1, 0.15) is 17.5 Å². The molecular weight excluding hydrogens is 426 g/mol. The van der Waals surface area contributed by atoms with Gasteiger partial charge in [0.2, 0.25) is 5.96 Å². The Morgan fingerprint density at radius 2 is 2.00 bits per heavy atom. The van der Waals surface area contributed by atoms with Crippen molar-refractivity contribution in [2.75, 3.05) is 13.6 Å². The predicted octanol–water partition coefficient (Wildman–Crippen LogP) is 1.70. The van der Waals surface area contributed by atoms with E-state index in [1.165, 1.54) is 28.8 Å². The van der Waals surface area contributed by atoms with Crippen molar-refractivity contribution in [1.82, 2.24) is 20.5 Å². The van der Waals surface area contributed by atoms with Gasteiger partial charge in [-0.2, -0.15) is 5.10 Å². The van der Waals surface area contributed by atoms with Gasteiger partial charge >= 0.3 is 6.03 Å². The van der Waals surface area contributed by atoms with Crippen molar-refractivity contribution in [2.45, 2.75) is 25.0 Å². The fourth-order valence-electron chi connectivity index (χ4n) is 3.85. The Hall–Kier alpha value is -4.28. The molecule has 33 heavy (non-hydrogen) atoms. The summed E-state index contributed by atoms with van der Waals surface area (Å²) in [6.07, 6.45) is 2.34. The summed E-state index contributed by atoms with van der Waals surface area (Å²) < 4.78 is 0. The predicted molar refractivity (Wildman–Crippen MR) is 122 cm³/mol. The molecule has 0 bridgehead atoms. The molecule has 2 aliphatic rings. The van der Waals surface area contributed by atoms with Crippen LogP contribution in [-0.4, -0.2) is 64.6 Å². The van der Waals surface area contributed by atoms with E-state index in [-0.39, 0.29) is 5.69 Å². The number of benzene rings is 2. The molecule has 0 radical (unpaired) electrons. The van der Waals surface area contributed by atoms with Crippen molar-refractivity contribution < 1.29 is 14.5 Å². The molecule has 2 unspecified atom stereocenters. The Kier molecular flexibility index (Phi) is 6.29. The number of hydrazone groups is 1. The van der Waals surface area contributed by atoms with Crippen molar-refractivity contribution in [3.63, 3.8) is 0 Å². The van der Waals surface area contributed by atoms with Crippen LogP contribution in [0.25, 0.3) is 0 Å². The van der Waals surface area contributed by atoms with Crippen LogP contribution in [0, 0.1) is 10.1 Å². The van der Waals surface area contributed by atoms with Gasteiger partial charge in [0.15, 0.2) is 12.2 Å². The number of nitrogens with zero attached hydrogens (tertiary/aromatic N) is 5. The number of aliphatic imine (C=N–C) groups is 1. The minimum Gasteiger partial charge on any atom is -0.326 e. The maximum Gasteiger partial charge on any atom is 0.325 e. The topological polar surface area (TPSA) is 133 Å².